The first-order valence-electron chi connectivity index (χ1n) is 4.09. The fourth-order valence-electron chi connectivity index (χ4n) is 0.861. The number of esters is 1. The van der Waals surface area contributed by atoms with Gasteiger partial charge in [-0.1, -0.05) is 18.7 Å². The molecule has 0 aromatic carbocycles. The first kappa shape index (κ1) is 11.0. The van der Waals surface area contributed by atoms with Crippen LogP contribution in [0.3, 0.4) is 0 Å². The minimum absolute atomic E-state index is 0.104. The van der Waals surface area contributed by atoms with Gasteiger partial charge < -0.3 is 4.74 Å². The molecule has 0 bridgehead atoms. The van der Waals surface area contributed by atoms with Gasteiger partial charge in [0, 0.05) is 12.3 Å². The number of hydrogen-bond donors (Lipinski definition) is 0. The van der Waals surface area contributed by atoms with Gasteiger partial charge in [-0.05, 0) is 10.4 Å². The zero-order valence-electron chi connectivity index (χ0n) is 8.30. The molecule has 0 saturated carbocycles. The van der Waals surface area contributed by atoms with Gasteiger partial charge in [-0.15, -0.1) is 5.10 Å². The molecule has 14 heavy (non-hydrogen) atoms. The molecule has 1 heterocycles. The maximum absolute atomic E-state index is 10.9. The summed E-state index contributed by atoms with van der Waals surface area (Å²) in [6, 6.07) is 0. The van der Waals surface area contributed by atoms with E-state index in [0.29, 0.717) is 11.6 Å². The fraction of sp³-hybridized carbons (Fsp3) is 0.714. The van der Waals surface area contributed by atoms with Gasteiger partial charge in [0.2, 0.25) is 5.16 Å². The van der Waals surface area contributed by atoms with E-state index in [0.717, 1.165) is 0 Å². The van der Waals surface area contributed by atoms with Gasteiger partial charge in [-0.3, -0.25) is 4.79 Å². The zero-order chi connectivity index (χ0) is 10.6. The van der Waals surface area contributed by atoms with Crippen LogP contribution in [-0.4, -0.2) is 38.5 Å². The summed E-state index contributed by atoms with van der Waals surface area (Å²) in [4.78, 5) is 10.9. The van der Waals surface area contributed by atoms with E-state index in [4.69, 9.17) is 0 Å². The number of ether oxygens (including phenoxy) is 1. The van der Waals surface area contributed by atoms with Gasteiger partial charge in [0.05, 0.1) is 13.5 Å². The average molecular weight is 216 g/mol. The predicted octanol–water partition coefficient (Wildman–Crippen LogP) is 0.254. The number of aryl methyl sites for hydroxylation is 1. The highest BCUT2D eigenvalue weighted by molar-refractivity contribution is 7.99. The van der Waals surface area contributed by atoms with Gasteiger partial charge in [0.25, 0.3) is 0 Å². The molecule has 1 atom stereocenters. The van der Waals surface area contributed by atoms with E-state index < -0.39 is 0 Å². The third-order valence-corrected chi connectivity index (χ3v) is 2.70. The number of carbonyl (C=O) groups excluding carboxylic acids is 1. The van der Waals surface area contributed by atoms with E-state index in [9.17, 15) is 4.79 Å². The number of nitrogens with zero attached hydrogens (tertiary/aromatic N) is 4. The summed E-state index contributed by atoms with van der Waals surface area (Å²) in [6.07, 6.45) is 0.355. The van der Waals surface area contributed by atoms with Crippen LogP contribution in [0.5, 0.6) is 0 Å². The first-order valence-corrected chi connectivity index (χ1v) is 4.97. The molecule has 0 radical (unpaired) electrons. The lowest BCUT2D eigenvalue weighted by atomic mass is 10.3. The van der Waals surface area contributed by atoms with Crippen molar-refractivity contribution in [3.05, 3.63) is 0 Å². The Labute approximate surface area is 86.0 Å². The Kier molecular flexibility index (Phi) is 3.87. The second kappa shape index (κ2) is 4.94. The molecule has 7 heteroatoms. The van der Waals surface area contributed by atoms with E-state index in [1.165, 1.54) is 18.9 Å². The van der Waals surface area contributed by atoms with Crippen LogP contribution in [0.25, 0.3) is 0 Å². The number of methoxy groups -OCH3 is 1. The Morgan fingerprint density at radius 1 is 1.71 bits per heavy atom. The second-order valence-corrected chi connectivity index (χ2v) is 4.20. The molecule has 0 amide bonds. The summed E-state index contributed by atoms with van der Waals surface area (Å²) in [5, 5.41) is 11.8. The first-order chi connectivity index (χ1) is 6.63. The maximum atomic E-state index is 10.9. The summed E-state index contributed by atoms with van der Waals surface area (Å²) in [7, 11) is 3.14. The van der Waals surface area contributed by atoms with Crippen molar-refractivity contribution >= 4 is 17.7 Å². The molecule has 0 aliphatic rings. The molecule has 0 fully saturated rings. The van der Waals surface area contributed by atoms with Crippen LogP contribution in [0.4, 0.5) is 0 Å². The SMILES string of the molecule is COC(=O)CC(C)Sc1nnnn1C. The van der Waals surface area contributed by atoms with Gasteiger partial charge in [0.15, 0.2) is 0 Å². The molecule has 0 saturated heterocycles. The summed E-state index contributed by atoms with van der Waals surface area (Å²) < 4.78 is 6.13. The fourth-order valence-corrected chi connectivity index (χ4v) is 1.71. The van der Waals surface area contributed by atoms with Crippen molar-refractivity contribution in [2.45, 2.75) is 23.8 Å². The summed E-state index contributed by atoms with van der Waals surface area (Å²) in [5.41, 5.74) is 0. The topological polar surface area (TPSA) is 69.9 Å². The lowest BCUT2D eigenvalue weighted by molar-refractivity contribution is -0.140. The summed E-state index contributed by atoms with van der Waals surface area (Å²) >= 11 is 1.45. The van der Waals surface area contributed by atoms with Gasteiger partial charge in [-0.2, -0.15) is 0 Å². The Morgan fingerprint density at radius 3 is 2.93 bits per heavy atom. The van der Waals surface area contributed by atoms with Gasteiger partial charge in [0.1, 0.15) is 0 Å². The highest BCUT2D eigenvalue weighted by Gasteiger charge is 2.13. The molecule has 1 unspecified atom stereocenters. The van der Waals surface area contributed by atoms with Crippen molar-refractivity contribution in [3.63, 3.8) is 0 Å². The highest BCUT2D eigenvalue weighted by Crippen LogP contribution is 2.21. The monoisotopic (exact) mass is 216 g/mol. The Morgan fingerprint density at radius 2 is 2.43 bits per heavy atom. The van der Waals surface area contributed by atoms with Gasteiger partial charge in [-0.25, -0.2) is 4.68 Å². The lowest BCUT2D eigenvalue weighted by Crippen LogP contribution is -2.09. The van der Waals surface area contributed by atoms with Crippen molar-refractivity contribution in [3.8, 4) is 0 Å². The molecule has 1 aromatic rings. The van der Waals surface area contributed by atoms with Crippen LogP contribution in [0.2, 0.25) is 0 Å². The summed E-state index contributed by atoms with van der Waals surface area (Å²) in [6.45, 7) is 1.93. The van der Waals surface area contributed by atoms with E-state index >= 15 is 0 Å². The minimum atomic E-state index is -0.222. The zero-order valence-corrected chi connectivity index (χ0v) is 9.11. The van der Waals surface area contributed by atoms with Crippen LogP contribution < -0.4 is 0 Å². The molecule has 1 aromatic heterocycles. The van der Waals surface area contributed by atoms with Crippen molar-refractivity contribution in [1.82, 2.24) is 20.2 Å². The van der Waals surface area contributed by atoms with Crippen LogP contribution in [0.15, 0.2) is 5.16 Å². The molecule has 1 rings (SSSR count). The average Bonchev–Trinajstić information content (AvgIpc) is 2.51. The van der Waals surface area contributed by atoms with Crippen molar-refractivity contribution in [2.75, 3.05) is 7.11 Å². The number of thioether (sulfide) groups is 1. The molecule has 6 nitrogen and oxygen atoms in total. The van der Waals surface area contributed by atoms with Crippen LogP contribution >= 0.6 is 11.8 Å². The molecule has 0 aliphatic heterocycles. The Bertz CT molecular complexity index is 314. The molecule has 78 valence electrons. The maximum Gasteiger partial charge on any atom is 0.306 e. The van der Waals surface area contributed by atoms with Gasteiger partial charge >= 0.3 is 5.97 Å². The summed E-state index contributed by atoms with van der Waals surface area (Å²) in [5.74, 6) is -0.222. The minimum Gasteiger partial charge on any atom is -0.469 e. The van der Waals surface area contributed by atoms with Crippen molar-refractivity contribution in [1.29, 1.82) is 0 Å². The van der Waals surface area contributed by atoms with E-state index in [1.807, 2.05) is 6.92 Å². The Balaban J connectivity index is 2.45. The molecular formula is C7H12N4O2S. The normalized spacial score (nSPS) is 12.5. The highest BCUT2D eigenvalue weighted by atomic mass is 32.2. The third kappa shape index (κ3) is 2.99. The van der Waals surface area contributed by atoms with Crippen molar-refractivity contribution in [2.24, 2.45) is 7.05 Å². The van der Waals surface area contributed by atoms with E-state index in [-0.39, 0.29) is 11.2 Å². The number of carbonyl (C=O) groups is 1. The number of rotatable bonds is 4. The molecule has 0 aliphatic carbocycles. The van der Waals surface area contributed by atoms with E-state index in [2.05, 4.69) is 20.3 Å². The van der Waals surface area contributed by atoms with Crippen LogP contribution in [-0.2, 0) is 16.6 Å². The lowest BCUT2D eigenvalue weighted by Gasteiger charge is -2.07. The molecule has 0 spiro atoms. The number of hydrogen-bond acceptors (Lipinski definition) is 6. The smallest absolute Gasteiger partial charge is 0.306 e. The number of tetrazole rings is 1. The molecule has 0 N–H and O–H groups in total. The second-order valence-electron chi connectivity index (χ2n) is 2.79. The largest absolute Gasteiger partial charge is 0.469 e. The van der Waals surface area contributed by atoms with Crippen LogP contribution in [0.1, 0.15) is 13.3 Å². The molecular weight excluding hydrogens is 204 g/mol. The third-order valence-electron chi connectivity index (χ3n) is 1.57. The Hall–Kier alpha value is -1.11. The standard InChI is InChI=1S/C7H12N4O2S/c1-5(4-6(12)13-3)14-7-8-9-10-11(7)2/h5H,4H2,1-3H3. The number of aromatic nitrogens is 4. The van der Waals surface area contributed by atoms with E-state index in [1.54, 1.807) is 11.7 Å². The van der Waals surface area contributed by atoms with Crippen molar-refractivity contribution < 1.29 is 9.53 Å². The quantitative estimate of drug-likeness (QED) is 0.531. The predicted molar refractivity (Wildman–Crippen MR) is 50.8 cm³/mol. The van der Waals surface area contributed by atoms with Crippen LogP contribution in [0, 0.1) is 0 Å².